The van der Waals surface area contributed by atoms with E-state index in [9.17, 15) is 4.79 Å². The summed E-state index contributed by atoms with van der Waals surface area (Å²) < 4.78 is 7.12. The number of carbonyl (C=O) groups excluding carboxylic acids is 1. The van der Waals surface area contributed by atoms with Gasteiger partial charge in [-0.15, -0.1) is 0 Å². The molecular formula is C21H25N5O2. The van der Waals surface area contributed by atoms with E-state index < -0.39 is 0 Å². The predicted octanol–water partition coefficient (Wildman–Crippen LogP) is 3.69. The SMILES string of the molecule is Cc1noc(C)c1-c1ccc([C@@H]2CCCN2C(=O)CCCn2cccn2)nc1. The van der Waals surface area contributed by atoms with Crippen LogP contribution in [0.5, 0.6) is 0 Å². The van der Waals surface area contributed by atoms with Crippen molar-refractivity contribution in [2.24, 2.45) is 0 Å². The molecule has 1 aliphatic rings. The fourth-order valence-electron chi connectivity index (χ4n) is 3.99. The molecule has 3 aromatic heterocycles. The average molecular weight is 379 g/mol. The monoisotopic (exact) mass is 379 g/mol. The molecule has 0 aliphatic carbocycles. The zero-order valence-corrected chi connectivity index (χ0v) is 16.3. The minimum absolute atomic E-state index is 0.0657. The van der Waals surface area contributed by atoms with Crippen molar-refractivity contribution >= 4 is 5.91 Å². The van der Waals surface area contributed by atoms with E-state index in [0.29, 0.717) is 6.42 Å². The van der Waals surface area contributed by atoms with E-state index in [-0.39, 0.29) is 11.9 Å². The Kier molecular flexibility index (Phi) is 5.23. The highest BCUT2D eigenvalue weighted by atomic mass is 16.5. The highest BCUT2D eigenvalue weighted by Gasteiger charge is 2.30. The van der Waals surface area contributed by atoms with E-state index in [1.807, 2.05) is 54.0 Å². The van der Waals surface area contributed by atoms with Crippen molar-refractivity contribution in [2.45, 2.75) is 52.1 Å². The Balaban J connectivity index is 1.42. The van der Waals surface area contributed by atoms with Crippen LogP contribution in [0, 0.1) is 13.8 Å². The maximum Gasteiger partial charge on any atom is 0.223 e. The molecular weight excluding hydrogens is 354 g/mol. The first-order valence-electron chi connectivity index (χ1n) is 9.79. The largest absolute Gasteiger partial charge is 0.361 e. The lowest BCUT2D eigenvalue weighted by Crippen LogP contribution is -2.31. The number of carbonyl (C=O) groups is 1. The fraction of sp³-hybridized carbons (Fsp3) is 0.429. The number of hydrogen-bond acceptors (Lipinski definition) is 5. The second kappa shape index (κ2) is 7.96. The summed E-state index contributed by atoms with van der Waals surface area (Å²) >= 11 is 0. The third kappa shape index (κ3) is 3.69. The zero-order chi connectivity index (χ0) is 19.5. The first-order chi connectivity index (χ1) is 13.6. The van der Waals surface area contributed by atoms with E-state index >= 15 is 0 Å². The lowest BCUT2D eigenvalue weighted by molar-refractivity contribution is -0.132. The van der Waals surface area contributed by atoms with Gasteiger partial charge in [0.2, 0.25) is 5.91 Å². The molecule has 0 spiro atoms. The summed E-state index contributed by atoms with van der Waals surface area (Å²) in [6.07, 6.45) is 8.85. The van der Waals surface area contributed by atoms with Gasteiger partial charge in [-0.25, -0.2) is 0 Å². The van der Waals surface area contributed by atoms with Crippen LogP contribution in [0.3, 0.4) is 0 Å². The molecule has 1 atom stereocenters. The van der Waals surface area contributed by atoms with Gasteiger partial charge in [0.05, 0.1) is 17.4 Å². The lowest BCUT2D eigenvalue weighted by Gasteiger charge is -2.24. The number of amides is 1. The first kappa shape index (κ1) is 18.4. The van der Waals surface area contributed by atoms with Crippen LogP contribution in [-0.2, 0) is 11.3 Å². The van der Waals surface area contributed by atoms with Crippen molar-refractivity contribution in [3.8, 4) is 11.1 Å². The molecule has 3 aromatic rings. The molecule has 0 radical (unpaired) electrons. The molecule has 28 heavy (non-hydrogen) atoms. The number of aryl methyl sites for hydroxylation is 3. The smallest absolute Gasteiger partial charge is 0.223 e. The topological polar surface area (TPSA) is 77.0 Å². The Bertz CT molecular complexity index is 911. The molecule has 0 unspecified atom stereocenters. The van der Waals surface area contributed by atoms with Crippen LogP contribution < -0.4 is 0 Å². The standard InChI is InChI=1S/C21H25N5O2/c1-15-21(16(2)28-24-15)17-8-9-18(22-14-17)19-6-3-13-26(19)20(27)7-4-11-25-12-5-10-23-25/h5,8-10,12,14,19H,3-4,6-7,11,13H2,1-2H3/t19-/m0/s1. The Morgan fingerprint density at radius 3 is 2.89 bits per heavy atom. The normalized spacial score (nSPS) is 16.6. The number of nitrogens with zero attached hydrogens (tertiary/aromatic N) is 5. The molecule has 146 valence electrons. The Labute approximate surface area is 164 Å². The number of pyridine rings is 1. The summed E-state index contributed by atoms with van der Waals surface area (Å²) in [7, 11) is 0. The van der Waals surface area contributed by atoms with Gasteiger partial charge in [0, 0.05) is 49.2 Å². The molecule has 1 amide bonds. The van der Waals surface area contributed by atoms with Gasteiger partial charge in [-0.3, -0.25) is 14.5 Å². The zero-order valence-electron chi connectivity index (χ0n) is 16.3. The molecule has 1 fully saturated rings. The molecule has 7 nitrogen and oxygen atoms in total. The minimum atomic E-state index is 0.0657. The second-order valence-electron chi connectivity index (χ2n) is 7.29. The van der Waals surface area contributed by atoms with E-state index in [0.717, 1.165) is 60.6 Å². The minimum Gasteiger partial charge on any atom is -0.361 e. The van der Waals surface area contributed by atoms with Crippen molar-refractivity contribution in [3.05, 3.63) is 53.9 Å². The molecule has 4 heterocycles. The number of rotatable bonds is 6. The molecule has 0 N–H and O–H groups in total. The third-order valence-electron chi connectivity index (χ3n) is 5.36. The van der Waals surface area contributed by atoms with E-state index in [2.05, 4.69) is 15.2 Å². The van der Waals surface area contributed by atoms with Crippen molar-refractivity contribution in [2.75, 3.05) is 6.54 Å². The van der Waals surface area contributed by atoms with Gasteiger partial charge in [0.1, 0.15) is 5.76 Å². The van der Waals surface area contributed by atoms with Crippen LogP contribution in [0.1, 0.15) is 48.9 Å². The second-order valence-corrected chi connectivity index (χ2v) is 7.29. The van der Waals surface area contributed by atoms with Gasteiger partial charge in [0.15, 0.2) is 0 Å². The molecule has 4 rings (SSSR count). The first-order valence-corrected chi connectivity index (χ1v) is 9.79. The van der Waals surface area contributed by atoms with Gasteiger partial charge < -0.3 is 9.42 Å². The fourth-order valence-corrected chi connectivity index (χ4v) is 3.99. The highest BCUT2D eigenvalue weighted by Crippen LogP contribution is 2.33. The van der Waals surface area contributed by atoms with Gasteiger partial charge in [-0.05, 0) is 45.2 Å². The molecule has 0 aromatic carbocycles. The third-order valence-corrected chi connectivity index (χ3v) is 5.36. The van der Waals surface area contributed by atoms with E-state index in [1.165, 1.54) is 0 Å². The molecule has 0 bridgehead atoms. The summed E-state index contributed by atoms with van der Waals surface area (Å²) in [6.45, 7) is 5.41. The Morgan fingerprint density at radius 2 is 2.21 bits per heavy atom. The van der Waals surface area contributed by atoms with E-state index in [1.54, 1.807) is 6.20 Å². The highest BCUT2D eigenvalue weighted by molar-refractivity contribution is 5.77. The van der Waals surface area contributed by atoms with Crippen molar-refractivity contribution in [3.63, 3.8) is 0 Å². The van der Waals surface area contributed by atoms with Crippen LogP contribution in [0.4, 0.5) is 0 Å². The summed E-state index contributed by atoms with van der Waals surface area (Å²) in [5.41, 5.74) is 3.81. The molecule has 1 aliphatic heterocycles. The van der Waals surface area contributed by atoms with Gasteiger partial charge in [-0.1, -0.05) is 11.2 Å². The average Bonchev–Trinajstić information content (AvgIpc) is 3.44. The van der Waals surface area contributed by atoms with Crippen LogP contribution in [0.2, 0.25) is 0 Å². The number of likely N-dealkylation sites (tertiary alicyclic amines) is 1. The molecule has 0 saturated carbocycles. The summed E-state index contributed by atoms with van der Waals surface area (Å²) in [4.78, 5) is 19.4. The maximum atomic E-state index is 12.7. The van der Waals surface area contributed by atoms with Crippen LogP contribution >= 0.6 is 0 Å². The van der Waals surface area contributed by atoms with Crippen molar-refractivity contribution < 1.29 is 9.32 Å². The predicted molar refractivity (Wildman–Crippen MR) is 104 cm³/mol. The van der Waals surface area contributed by atoms with Gasteiger partial charge in [-0.2, -0.15) is 5.10 Å². The molecule has 7 heteroatoms. The van der Waals surface area contributed by atoms with Crippen LogP contribution in [-0.4, -0.2) is 37.3 Å². The van der Waals surface area contributed by atoms with Crippen molar-refractivity contribution in [1.82, 2.24) is 24.8 Å². The van der Waals surface area contributed by atoms with E-state index in [4.69, 9.17) is 4.52 Å². The summed E-state index contributed by atoms with van der Waals surface area (Å²) in [5.74, 6) is 0.994. The van der Waals surface area contributed by atoms with Crippen LogP contribution in [0.15, 0.2) is 41.3 Å². The van der Waals surface area contributed by atoms with Crippen molar-refractivity contribution in [1.29, 1.82) is 0 Å². The summed E-state index contributed by atoms with van der Waals surface area (Å²) in [6, 6.07) is 6.04. The van der Waals surface area contributed by atoms with Gasteiger partial charge in [0.25, 0.3) is 0 Å². The number of hydrogen-bond donors (Lipinski definition) is 0. The summed E-state index contributed by atoms with van der Waals surface area (Å²) in [5, 5.41) is 8.20. The quantitative estimate of drug-likeness (QED) is 0.653. The Morgan fingerprint density at radius 1 is 1.32 bits per heavy atom. The lowest BCUT2D eigenvalue weighted by atomic mass is 10.0. The van der Waals surface area contributed by atoms with Gasteiger partial charge >= 0.3 is 0 Å². The molecule has 1 saturated heterocycles. The maximum absolute atomic E-state index is 12.7. The number of aromatic nitrogens is 4. The Hall–Kier alpha value is -2.96. The van der Waals surface area contributed by atoms with Crippen LogP contribution in [0.25, 0.3) is 11.1 Å².